The van der Waals surface area contributed by atoms with Crippen molar-refractivity contribution in [1.29, 1.82) is 0 Å². The lowest BCUT2D eigenvalue weighted by molar-refractivity contribution is 0.661. The van der Waals surface area contributed by atoms with Gasteiger partial charge < -0.3 is 4.57 Å². The van der Waals surface area contributed by atoms with Crippen LogP contribution < -0.4 is 0 Å². The molecule has 0 radical (unpaired) electrons. The molecule has 1 heteroatoms. The van der Waals surface area contributed by atoms with E-state index in [1.54, 1.807) is 0 Å². The van der Waals surface area contributed by atoms with E-state index >= 15 is 0 Å². The van der Waals surface area contributed by atoms with Gasteiger partial charge in [-0.3, -0.25) is 0 Å². The number of rotatable bonds is 3. The highest BCUT2D eigenvalue weighted by molar-refractivity contribution is 6.27. The third kappa shape index (κ3) is 3.62. The van der Waals surface area contributed by atoms with E-state index in [0.29, 0.717) is 0 Å². The number of hydrogen-bond acceptors (Lipinski definition) is 0. The lowest BCUT2D eigenvalue weighted by Gasteiger charge is -2.24. The van der Waals surface area contributed by atoms with Crippen molar-refractivity contribution in [2.45, 2.75) is 19.3 Å². The first-order chi connectivity index (χ1) is 23.6. The predicted octanol–water partition coefficient (Wildman–Crippen LogP) is 12.7. The van der Waals surface area contributed by atoms with E-state index in [0.717, 1.165) is 0 Å². The highest BCUT2D eigenvalue weighted by Crippen LogP contribution is 2.56. The highest BCUT2D eigenvalue weighted by Gasteiger charge is 2.39. The second-order valence-corrected chi connectivity index (χ2v) is 13.6. The zero-order valence-electron chi connectivity index (χ0n) is 27.0. The maximum Gasteiger partial charge on any atom is 0.0626 e. The van der Waals surface area contributed by atoms with Gasteiger partial charge in [0.1, 0.15) is 0 Å². The molecule has 0 atom stereocenters. The van der Waals surface area contributed by atoms with Crippen LogP contribution in [-0.4, -0.2) is 4.57 Å². The molecular formula is C47H33N. The molecule has 226 valence electrons. The summed E-state index contributed by atoms with van der Waals surface area (Å²) in [5, 5.41) is 7.72. The van der Waals surface area contributed by atoms with E-state index in [2.05, 4.69) is 182 Å². The van der Waals surface area contributed by atoms with E-state index in [4.69, 9.17) is 0 Å². The number of benzene rings is 8. The lowest BCUT2D eigenvalue weighted by Crippen LogP contribution is -2.15. The minimum absolute atomic E-state index is 0.152. The van der Waals surface area contributed by atoms with Crippen LogP contribution in [0.3, 0.4) is 0 Å². The normalized spacial score (nSPS) is 13.4. The summed E-state index contributed by atoms with van der Waals surface area (Å²) in [6.07, 6.45) is 0. The smallest absolute Gasteiger partial charge is 0.0626 e. The number of hydrogen-bond donors (Lipinski definition) is 0. The Morgan fingerprint density at radius 1 is 0.417 bits per heavy atom. The summed E-state index contributed by atoms with van der Waals surface area (Å²) in [6.45, 7) is 4.80. The van der Waals surface area contributed by atoms with Gasteiger partial charge in [0.25, 0.3) is 0 Å². The van der Waals surface area contributed by atoms with Gasteiger partial charge in [-0.2, -0.15) is 0 Å². The summed E-state index contributed by atoms with van der Waals surface area (Å²) >= 11 is 0. The van der Waals surface area contributed by atoms with E-state index in [9.17, 15) is 0 Å². The molecule has 0 bridgehead atoms. The quantitative estimate of drug-likeness (QED) is 0.175. The molecule has 1 aliphatic rings. The third-order valence-electron chi connectivity index (χ3n) is 10.8. The van der Waals surface area contributed by atoms with Crippen molar-refractivity contribution in [1.82, 2.24) is 4.57 Å². The maximum atomic E-state index is 2.55. The van der Waals surface area contributed by atoms with E-state index < -0.39 is 0 Å². The molecule has 8 aromatic carbocycles. The molecule has 1 aliphatic carbocycles. The molecule has 10 rings (SSSR count). The molecule has 1 heterocycles. The molecule has 0 amide bonds. The van der Waals surface area contributed by atoms with Gasteiger partial charge in [0.2, 0.25) is 0 Å². The van der Waals surface area contributed by atoms with Crippen molar-refractivity contribution in [3.05, 3.63) is 175 Å². The fourth-order valence-electron chi connectivity index (χ4n) is 8.70. The lowest BCUT2D eigenvalue weighted by atomic mass is 9.79. The number of aromatic nitrogens is 1. The topological polar surface area (TPSA) is 4.93 Å². The Morgan fingerprint density at radius 3 is 1.60 bits per heavy atom. The number of nitrogens with zero attached hydrogens (tertiary/aromatic N) is 1. The summed E-state index contributed by atoms with van der Waals surface area (Å²) in [6, 6.07) is 60.4. The van der Waals surface area contributed by atoms with Crippen molar-refractivity contribution in [2.24, 2.45) is 0 Å². The van der Waals surface area contributed by atoms with Crippen LogP contribution in [0.5, 0.6) is 0 Å². The molecule has 0 N–H and O–H groups in total. The molecule has 9 aromatic rings. The first-order valence-electron chi connectivity index (χ1n) is 16.9. The summed E-state index contributed by atoms with van der Waals surface area (Å²) in [5.41, 5.74) is 14.1. The molecule has 0 aliphatic heterocycles. The average Bonchev–Trinajstić information content (AvgIpc) is 3.60. The third-order valence-corrected chi connectivity index (χ3v) is 10.8. The van der Waals surface area contributed by atoms with E-state index in [1.165, 1.54) is 93.5 Å². The number of para-hydroxylation sites is 2. The minimum atomic E-state index is -0.152. The summed E-state index contributed by atoms with van der Waals surface area (Å²) in [7, 11) is 0. The number of fused-ring (bicyclic) bond motifs is 9. The monoisotopic (exact) mass is 611 g/mol. The van der Waals surface area contributed by atoms with Crippen LogP contribution in [0.1, 0.15) is 25.0 Å². The second-order valence-electron chi connectivity index (χ2n) is 13.6. The highest BCUT2D eigenvalue weighted by atomic mass is 15.0. The van der Waals surface area contributed by atoms with Gasteiger partial charge in [-0.15, -0.1) is 0 Å². The fourth-order valence-corrected chi connectivity index (χ4v) is 8.70. The molecule has 1 aromatic heterocycles. The Bertz CT molecular complexity index is 2670. The Balaban J connectivity index is 1.48. The Hall–Kier alpha value is -5.92. The van der Waals surface area contributed by atoms with E-state index in [1.807, 2.05) is 0 Å². The van der Waals surface area contributed by atoms with Gasteiger partial charge in [0.15, 0.2) is 0 Å². The van der Waals surface area contributed by atoms with Crippen LogP contribution in [0.25, 0.3) is 82.4 Å². The maximum absolute atomic E-state index is 2.55. The molecule has 48 heavy (non-hydrogen) atoms. The largest absolute Gasteiger partial charge is 0.309 e. The van der Waals surface area contributed by atoms with Gasteiger partial charge >= 0.3 is 0 Å². The van der Waals surface area contributed by atoms with Crippen molar-refractivity contribution in [2.75, 3.05) is 0 Å². The van der Waals surface area contributed by atoms with Gasteiger partial charge in [0, 0.05) is 27.4 Å². The first kappa shape index (κ1) is 27.2. The Kier molecular flexibility index (Phi) is 5.69. The average molecular weight is 612 g/mol. The van der Waals surface area contributed by atoms with Crippen LogP contribution in [0, 0.1) is 0 Å². The second kappa shape index (κ2) is 10.0. The molecule has 1 nitrogen and oxygen atoms in total. The molecule has 0 unspecified atom stereocenters. The molecular weight excluding hydrogens is 579 g/mol. The van der Waals surface area contributed by atoms with Crippen molar-refractivity contribution in [3.63, 3.8) is 0 Å². The Labute approximate surface area is 280 Å². The minimum Gasteiger partial charge on any atom is -0.309 e. The van der Waals surface area contributed by atoms with E-state index in [-0.39, 0.29) is 5.41 Å². The van der Waals surface area contributed by atoms with Gasteiger partial charge in [0.05, 0.1) is 11.0 Å². The molecule has 0 saturated carbocycles. The molecule has 0 spiro atoms. The van der Waals surface area contributed by atoms with Crippen LogP contribution in [0.2, 0.25) is 0 Å². The summed E-state index contributed by atoms with van der Waals surface area (Å²) < 4.78 is 2.52. The fraction of sp³-hybridized carbons (Fsp3) is 0.0638. The van der Waals surface area contributed by atoms with Crippen molar-refractivity contribution in [3.8, 4) is 39.1 Å². The van der Waals surface area contributed by atoms with Crippen LogP contribution in [0.15, 0.2) is 164 Å². The standard InChI is InChI=1S/C47H33N/c1-47(2)39-27-15-13-25-36(39)44-40(47)29-38(46-45(44)37-26-14-16-28-41(37)48(46)31-19-7-4-8-20-31)43-34-23-11-9-21-32(34)42(30-17-5-3-6-18-30)33-22-10-12-24-35(33)43/h3-29H,1-2H3. The first-order valence-corrected chi connectivity index (χ1v) is 16.9. The van der Waals surface area contributed by atoms with Crippen LogP contribution >= 0.6 is 0 Å². The summed E-state index contributed by atoms with van der Waals surface area (Å²) in [4.78, 5) is 0. The SMILES string of the molecule is CC1(C)c2ccccc2-c2c1cc(-c1c3ccccc3c(-c3ccccc3)c3ccccc13)c1c2c2ccccc2n1-c1ccccc1. The zero-order valence-corrected chi connectivity index (χ0v) is 27.0. The predicted molar refractivity (Wildman–Crippen MR) is 204 cm³/mol. The van der Waals surface area contributed by atoms with Crippen LogP contribution in [0.4, 0.5) is 0 Å². The van der Waals surface area contributed by atoms with Crippen molar-refractivity contribution >= 4 is 43.4 Å². The Morgan fingerprint density at radius 2 is 0.938 bits per heavy atom. The van der Waals surface area contributed by atoms with Crippen molar-refractivity contribution < 1.29 is 0 Å². The molecule has 0 fully saturated rings. The van der Waals surface area contributed by atoms with Gasteiger partial charge in [-0.25, -0.2) is 0 Å². The zero-order chi connectivity index (χ0) is 32.0. The summed E-state index contributed by atoms with van der Waals surface area (Å²) in [5.74, 6) is 0. The van der Waals surface area contributed by atoms with Crippen LogP contribution in [-0.2, 0) is 5.41 Å². The van der Waals surface area contributed by atoms with Gasteiger partial charge in [-0.1, -0.05) is 153 Å². The molecule has 0 saturated heterocycles. The van der Waals surface area contributed by atoms with Gasteiger partial charge in [-0.05, 0) is 84.8 Å².